The van der Waals surface area contributed by atoms with Crippen LogP contribution in [-0.2, 0) is 11.2 Å². The monoisotopic (exact) mass is 208 g/mol. The van der Waals surface area contributed by atoms with Crippen LogP contribution in [-0.4, -0.2) is 21.3 Å². The Kier molecular flexibility index (Phi) is 2.37. The molecule has 0 aliphatic heterocycles. The molecule has 0 unspecified atom stereocenters. The van der Waals surface area contributed by atoms with E-state index in [0.29, 0.717) is 17.5 Å². The third-order valence-corrected chi connectivity index (χ3v) is 2.20. The van der Waals surface area contributed by atoms with Crippen molar-refractivity contribution in [3.8, 4) is 0 Å². The average molecular weight is 208 g/mol. The van der Waals surface area contributed by atoms with E-state index >= 15 is 0 Å². The Bertz CT molecular complexity index is 507. The third-order valence-electron chi connectivity index (χ3n) is 2.20. The fraction of sp³-hybridized carbons (Fsp3) is 0.200. The molecule has 1 aromatic carbocycles. The normalized spacial score (nSPS) is 10.7. The fourth-order valence-electron chi connectivity index (χ4n) is 1.48. The van der Waals surface area contributed by atoms with E-state index < -0.39 is 11.8 Å². The Labute approximate surface area is 84.7 Å². The Hall–Kier alpha value is -1.91. The lowest BCUT2D eigenvalue weighted by Crippen LogP contribution is -1.97. The standard InChI is InChI=1S/C10H9FN2O2/c11-7-3-1-2-6-8(4-5-9(14)15)12-13-10(6)7/h1-3H,4-5H2,(H,12,13)(H,14,15). The van der Waals surface area contributed by atoms with Crippen LogP contribution in [0.4, 0.5) is 4.39 Å². The number of carboxylic acid groups (broad SMARTS) is 1. The second-order valence-corrected chi connectivity index (χ2v) is 3.23. The zero-order valence-corrected chi connectivity index (χ0v) is 7.83. The van der Waals surface area contributed by atoms with E-state index in [1.165, 1.54) is 6.07 Å². The first kappa shape index (κ1) is 9.64. The summed E-state index contributed by atoms with van der Waals surface area (Å²) in [7, 11) is 0. The summed E-state index contributed by atoms with van der Waals surface area (Å²) < 4.78 is 13.2. The van der Waals surface area contributed by atoms with Crippen LogP contribution in [0.3, 0.4) is 0 Å². The van der Waals surface area contributed by atoms with Crippen LogP contribution in [0.1, 0.15) is 12.1 Å². The molecule has 15 heavy (non-hydrogen) atoms. The first-order valence-electron chi connectivity index (χ1n) is 4.52. The highest BCUT2D eigenvalue weighted by Gasteiger charge is 2.09. The summed E-state index contributed by atoms with van der Waals surface area (Å²) in [5.41, 5.74) is 0.921. The van der Waals surface area contributed by atoms with E-state index in [1.54, 1.807) is 12.1 Å². The van der Waals surface area contributed by atoms with Crippen molar-refractivity contribution in [2.24, 2.45) is 0 Å². The molecule has 0 aliphatic rings. The summed E-state index contributed by atoms with van der Waals surface area (Å²) in [5, 5.41) is 15.6. The predicted octanol–water partition coefficient (Wildman–Crippen LogP) is 1.72. The van der Waals surface area contributed by atoms with E-state index in [1.807, 2.05) is 0 Å². The van der Waals surface area contributed by atoms with Crippen molar-refractivity contribution < 1.29 is 14.3 Å². The average Bonchev–Trinajstić information content (AvgIpc) is 2.59. The van der Waals surface area contributed by atoms with E-state index in [4.69, 9.17) is 5.11 Å². The molecule has 5 heteroatoms. The number of aryl methyl sites for hydroxylation is 1. The molecule has 0 aliphatic carbocycles. The number of hydrogen-bond donors (Lipinski definition) is 2. The molecule has 0 radical (unpaired) electrons. The number of halogens is 1. The van der Waals surface area contributed by atoms with Crippen molar-refractivity contribution in [2.45, 2.75) is 12.8 Å². The van der Waals surface area contributed by atoms with Crippen molar-refractivity contribution in [3.63, 3.8) is 0 Å². The van der Waals surface area contributed by atoms with Crippen LogP contribution >= 0.6 is 0 Å². The van der Waals surface area contributed by atoms with Gasteiger partial charge in [0.25, 0.3) is 0 Å². The van der Waals surface area contributed by atoms with Crippen LogP contribution in [0.25, 0.3) is 10.9 Å². The van der Waals surface area contributed by atoms with Crippen molar-refractivity contribution >= 4 is 16.9 Å². The van der Waals surface area contributed by atoms with Crippen molar-refractivity contribution in [2.75, 3.05) is 0 Å². The smallest absolute Gasteiger partial charge is 0.303 e. The first-order chi connectivity index (χ1) is 7.18. The number of fused-ring (bicyclic) bond motifs is 1. The molecule has 0 fully saturated rings. The second kappa shape index (κ2) is 3.68. The van der Waals surface area contributed by atoms with E-state index in [0.717, 1.165) is 0 Å². The minimum Gasteiger partial charge on any atom is -0.481 e. The maximum atomic E-state index is 13.2. The third kappa shape index (κ3) is 1.81. The van der Waals surface area contributed by atoms with Crippen molar-refractivity contribution in [1.82, 2.24) is 10.2 Å². The van der Waals surface area contributed by atoms with Gasteiger partial charge in [-0.25, -0.2) is 4.39 Å². The van der Waals surface area contributed by atoms with Gasteiger partial charge in [0.1, 0.15) is 5.52 Å². The van der Waals surface area contributed by atoms with Gasteiger partial charge >= 0.3 is 5.97 Å². The second-order valence-electron chi connectivity index (χ2n) is 3.23. The van der Waals surface area contributed by atoms with E-state index in [-0.39, 0.29) is 11.9 Å². The number of aromatic nitrogens is 2. The van der Waals surface area contributed by atoms with Crippen LogP contribution in [0, 0.1) is 5.82 Å². The van der Waals surface area contributed by atoms with Crippen LogP contribution < -0.4 is 0 Å². The topological polar surface area (TPSA) is 66.0 Å². The maximum absolute atomic E-state index is 13.2. The largest absolute Gasteiger partial charge is 0.481 e. The SMILES string of the molecule is O=C(O)CCc1[nH]nc2c(F)cccc12. The number of H-pyrrole nitrogens is 1. The van der Waals surface area contributed by atoms with Crippen LogP contribution in [0.5, 0.6) is 0 Å². The predicted molar refractivity (Wildman–Crippen MR) is 52.0 cm³/mol. The summed E-state index contributed by atoms with van der Waals surface area (Å²) in [5.74, 6) is -1.28. The van der Waals surface area contributed by atoms with Gasteiger partial charge in [0.2, 0.25) is 0 Å². The Morgan fingerprint density at radius 1 is 1.53 bits per heavy atom. The number of nitrogens with zero attached hydrogens (tertiary/aromatic N) is 1. The molecule has 0 amide bonds. The molecule has 1 heterocycles. The lowest BCUT2D eigenvalue weighted by molar-refractivity contribution is -0.136. The fourth-order valence-corrected chi connectivity index (χ4v) is 1.48. The van der Waals surface area contributed by atoms with E-state index in [2.05, 4.69) is 10.2 Å². The van der Waals surface area contributed by atoms with E-state index in [9.17, 15) is 9.18 Å². The molecule has 0 saturated carbocycles. The highest BCUT2D eigenvalue weighted by molar-refractivity contribution is 5.82. The summed E-state index contributed by atoms with van der Waals surface area (Å²) in [6.45, 7) is 0. The van der Waals surface area contributed by atoms with Gasteiger partial charge in [-0.15, -0.1) is 0 Å². The summed E-state index contributed by atoms with van der Waals surface area (Å²) >= 11 is 0. The molecule has 2 aromatic rings. The zero-order valence-electron chi connectivity index (χ0n) is 7.83. The van der Waals surface area contributed by atoms with Gasteiger partial charge in [0.05, 0.1) is 6.42 Å². The highest BCUT2D eigenvalue weighted by Crippen LogP contribution is 2.19. The number of nitrogens with one attached hydrogen (secondary N) is 1. The van der Waals surface area contributed by atoms with Gasteiger partial charge in [-0.3, -0.25) is 9.89 Å². The summed E-state index contributed by atoms with van der Waals surface area (Å²) in [4.78, 5) is 10.4. The number of aromatic amines is 1. The Balaban J connectivity index is 2.37. The number of para-hydroxylation sites is 1. The molecule has 4 nitrogen and oxygen atoms in total. The van der Waals surface area contributed by atoms with Crippen LogP contribution in [0.2, 0.25) is 0 Å². The number of carbonyl (C=O) groups is 1. The van der Waals surface area contributed by atoms with Gasteiger partial charge < -0.3 is 5.11 Å². The number of rotatable bonds is 3. The number of aliphatic carboxylic acids is 1. The van der Waals surface area contributed by atoms with Gasteiger partial charge in [-0.1, -0.05) is 12.1 Å². The molecule has 1 aromatic heterocycles. The molecule has 0 bridgehead atoms. The van der Waals surface area contributed by atoms with Gasteiger partial charge in [-0.2, -0.15) is 5.10 Å². The zero-order chi connectivity index (χ0) is 10.8. The number of carboxylic acids is 1. The van der Waals surface area contributed by atoms with Crippen molar-refractivity contribution in [1.29, 1.82) is 0 Å². The van der Waals surface area contributed by atoms with Gasteiger partial charge in [0, 0.05) is 17.5 Å². The molecule has 2 N–H and O–H groups in total. The molecule has 2 rings (SSSR count). The maximum Gasteiger partial charge on any atom is 0.303 e. The molecular formula is C10H9FN2O2. The first-order valence-corrected chi connectivity index (χ1v) is 4.52. The summed E-state index contributed by atoms with van der Waals surface area (Å²) in [6.07, 6.45) is 0.336. The lowest BCUT2D eigenvalue weighted by Gasteiger charge is -1.95. The van der Waals surface area contributed by atoms with Gasteiger partial charge in [0.15, 0.2) is 5.82 Å². The molecule has 78 valence electrons. The van der Waals surface area contributed by atoms with Gasteiger partial charge in [-0.05, 0) is 6.07 Å². The quantitative estimate of drug-likeness (QED) is 0.807. The van der Waals surface area contributed by atoms with Crippen LogP contribution in [0.15, 0.2) is 18.2 Å². The molecule has 0 spiro atoms. The van der Waals surface area contributed by atoms with Crippen molar-refractivity contribution in [3.05, 3.63) is 29.7 Å². The highest BCUT2D eigenvalue weighted by atomic mass is 19.1. The molecule has 0 saturated heterocycles. The number of benzene rings is 1. The Morgan fingerprint density at radius 2 is 2.33 bits per heavy atom. The molecule has 0 atom stereocenters. The lowest BCUT2D eigenvalue weighted by atomic mass is 10.1. The Morgan fingerprint density at radius 3 is 3.07 bits per heavy atom. The number of hydrogen-bond acceptors (Lipinski definition) is 2. The minimum atomic E-state index is -0.880. The molecular weight excluding hydrogens is 199 g/mol. The summed E-state index contributed by atoms with van der Waals surface area (Å²) in [6, 6.07) is 4.63. The minimum absolute atomic E-state index is 0.00774.